The molecule has 2 fully saturated rings. The molecule has 0 spiro atoms. The minimum absolute atomic E-state index is 0.207. The largest absolute Gasteiger partial charge is 0.377 e. The van der Waals surface area contributed by atoms with E-state index < -0.39 is 0 Å². The van der Waals surface area contributed by atoms with Crippen molar-refractivity contribution in [2.24, 2.45) is 0 Å². The lowest BCUT2D eigenvalue weighted by Gasteiger charge is -2.26. The normalized spacial score (nSPS) is 21.2. The van der Waals surface area contributed by atoms with Crippen molar-refractivity contribution in [2.45, 2.75) is 77.0 Å². The number of nitrogens with zero attached hydrogens (tertiary/aromatic N) is 1. The van der Waals surface area contributed by atoms with Crippen molar-refractivity contribution in [2.75, 3.05) is 19.7 Å². The first-order valence-corrected chi connectivity index (χ1v) is 10.4. The first kappa shape index (κ1) is 19.4. The molecule has 1 aliphatic heterocycles. The van der Waals surface area contributed by atoms with Crippen molar-refractivity contribution in [1.82, 2.24) is 10.2 Å². The van der Waals surface area contributed by atoms with Crippen LogP contribution in [0.3, 0.4) is 0 Å². The van der Waals surface area contributed by atoms with Crippen LogP contribution in [0.15, 0.2) is 24.3 Å². The van der Waals surface area contributed by atoms with Crippen LogP contribution >= 0.6 is 0 Å². The molecule has 1 saturated carbocycles. The van der Waals surface area contributed by atoms with Crippen LogP contribution in [0.1, 0.15) is 62.5 Å². The van der Waals surface area contributed by atoms with E-state index in [1.165, 1.54) is 30.4 Å². The molecule has 4 nitrogen and oxygen atoms in total. The Balaban J connectivity index is 1.51. The van der Waals surface area contributed by atoms with Crippen LogP contribution in [0, 0.1) is 6.92 Å². The van der Waals surface area contributed by atoms with E-state index in [0.29, 0.717) is 18.6 Å². The van der Waals surface area contributed by atoms with Crippen molar-refractivity contribution in [3.05, 3.63) is 35.4 Å². The molecule has 4 heteroatoms. The molecule has 1 atom stereocenters. The van der Waals surface area contributed by atoms with Crippen molar-refractivity contribution in [1.29, 1.82) is 0 Å². The SMILES string of the molecule is Cc1cccc(CN(CCC(=O)NC2CCCCC2)CC2CCCO2)c1. The molecule has 1 aliphatic carbocycles. The van der Waals surface area contributed by atoms with Gasteiger partial charge >= 0.3 is 0 Å². The van der Waals surface area contributed by atoms with Crippen molar-refractivity contribution >= 4 is 5.91 Å². The summed E-state index contributed by atoms with van der Waals surface area (Å²) in [4.78, 5) is 14.8. The zero-order chi connectivity index (χ0) is 18.2. The summed E-state index contributed by atoms with van der Waals surface area (Å²) in [5, 5.41) is 3.24. The summed E-state index contributed by atoms with van der Waals surface area (Å²) in [6.07, 6.45) is 9.31. The predicted octanol–water partition coefficient (Wildman–Crippen LogP) is 3.82. The third kappa shape index (κ3) is 6.40. The fourth-order valence-electron chi connectivity index (χ4n) is 4.19. The fourth-order valence-corrected chi connectivity index (χ4v) is 4.19. The Morgan fingerprint density at radius 2 is 2.04 bits per heavy atom. The van der Waals surface area contributed by atoms with E-state index in [1.54, 1.807) is 0 Å². The van der Waals surface area contributed by atoms with Crippen molar-refractivity contribution in [3.8, 4) is 0 Å². The van der Waals surface area contributed by atoms with Gasteiger partial charge in [0.2, 0.25) is 5.91 Å². The quantitative estimate of drug-likeness (QED) is 0.768. The minimum atomic E-state index is 0.207. The van der Waals surface area contributed by atoms with Gasteiger partial charge in [-0.05, 0) is 38.2 Å². The van der Waals surface area contributed by atoms with Gasteiger partial charge in [-0.1, -0.05) is 49.1 Å². The number of rotatable bonds is 8. The van der Waals surface area contributed by atoms with Gasteiger partial charge in [0, 0.05) is 38.7 Å². The number of ether oxygens (including phenoxy) is 1. The van der Waals surface area contributed by atoms with E-state index in [0.717, 1.165) is 51.9 Å². The van der Waals surface area contributed by atoms with E-state index >= 15 is 0 Å². The van der Waals surface area contributed by atoms with Gasteiger partial charge in [-0.3, -0.25) is 9.69 Å². The summed E-state index contributed by atoms with van der Waals surface area (Å²) in [7, 11) is 0. The Bertz CT molecular complexity index is 563. The van der Waals surface area contributed by atoms with Crippen LogP contribution < -0.4 is 5.32 Å². The molecule has 1 aromatic rings. The molecule has 0 aromatic heterocycles. The summed E-state index contributed by atoms with van der Waals surface area (Å²) < 4.78 is 5.83. The maximum absolute atomic E-state index is 12.4. The van der Waals surface area contributed by atoms with Crippen LogP contribution in [-0.2, 0) is 16.1 Å². The molecule has 1 aromatic carbocycles. The van der Waals surface area contributed by atoms with Gasteiger partial charge in [-0.15, -0.1) is 0 Å². The van der Waals surface area contributed by atoms with Gasteiger partial charge < -0.3 is 10.1 Å². The van der Waals surface area contributed by atoms with E-state index in [-0.39, 0.29) is 5.91 Å². The third-order valence-corrected chi connectivity index (χ3v) is 5.60. The molecular formula is C22H34N2O2. The number of benzene rings is 1. The Hall–Kier alpha value is -1.39. The van der Waals surface area contributed by atoms with Gasteiger partial charge in [-0.2, -0.15) is 0 Å². The minimum Gasteiger partial charge on any atom is -0.377 e. The Morgan fingerprint density at radius 1 is 1.19 bits per heavy atom. The molecule has 3 rings (SSSR count). The summed E-state index contributed by atoms with van der Waals surface area (Å²) in [5.74, 6) is 0.207. The number of nitrogens with one attached hydrogen (secondary N) is 1. The van der Waals surface area contributed by atoms with Gasteiger partial charge in [0.15, 0.2) is 0 Å². The molecule has 1 unspecified atom stereocenters. The van der Waals surface area contributed by atoms with Crippen molar-refractivity contribution in [3.63, 3.8) is 0 Å². The predicted molar refractivity (Wildman–Crippen MR) is 105 cm³/mol. The van der Waals surface area contributed by atoms with Crippen LogP contribution in [0.25, 0.3) is 0 Å². The number of amides is 1. The van der Waals surface area contributed by atoms with Crippen LogP contribution in [0.4, 0.5) is 0 Å². The van der Waals surface area contributed by atoms with Crippen LogP contribution in [0.5, 0.6) is 0 Å². The highest BCUT2D eigenvalue weighted by Gasteiger charge is 2.21. The number of aryl methyl sites for hydroxylation is 1. The van der Waals surface area contributed by atoms with E-state index in [1.807, 2.05) is 0 Å². The number of carbonyl (C=O) groups is 1. The van der Waals surface area contributed by atoms with E-state index in [2.05, 4.69) is 41.4 Å². The van der Waals surface area contributed by atoms with Gasteiger partial charge in [-0.25, -0.2) is 0 Å². The van der Waals surface area contributed by atoms with Gasteiger partial charge in [0.25, 0.3) is 0 Å². The number of hydrogen-bond donors (Lipinski definition) is 1. The molecular weight excluding hydrogens is 324 g/mol. The molecule has 1 heterocycles. The van der Waals surface area contributed by atoms with Crippen molar-refractivity contribution < 1.29 is 9.53 Å². The average molecular weight is 359 g/mol. The van der Waals surface area contributed by atoms with Crippen LogP contribution in [-0.4, -0.2) is 42.6 Å². The molecule has 2 aliphatic rings. The second kappa shape index (κ2) is 10.1. The molecule has 1 N–H and O–H groups in total. The first-order chi connectivity index (χ1) is 12.7. The number of carbonyl (C=O) groups excluding carboxylic acids is 1. The lowest BCUT2D eigenvalue weighted by Crippen LogP contribution is -2.39. The third-order valence-electron chi connectivity index (χ3n) is 5.60. The monoisotopic (exact) mass is 358 g/mol. The maximum atomic E-state index is 12.4. The summed E-state index contributed by atoms with van der Waals surface area (Å²) in [6.45, 7) is 5.62. The highest BCUT2D eigenvalue weighted by molar-refractivity contribution is 5.76. The lowest BCUT2D eigenvalue weighted by molar-refractivity contribution is -0.122. The Morgan fingerprint density at radius 3 is 2.77 bits per heavy atom. The zero-order valence-electron chi connectivity index (χ0n) is 16.2. The summed E-state index contributed by atoms with van der Waals surface area (Å²) in [5.41, 5.74) is 2.60. The van der Waals surface area contributed by atoms with E-state index in [9.17, 15) is 4.79 Å². The molecule has 26 heavy (non-hydrogen) atoms. The Kier molecular flexibility index (Phi) is 7.51. The average Bonchev–Trinajstić information content (AvgIpc) is 3.14. The van der Waals surface area contributed by atoms with E-state index in [4.69, 9.17) is 4.74 Å². The lowest BCUT2D eigenvalue weighted by atomic mass is 9.95. The maximum Gasteiger partial charge on any atom is 0.221 e. The fraction of sp³-hybridized carbons (Fsp3) is 0.682. The van der Waals surface area contributed by atoms with Gasteiger partial charge in [0.1, 0.15) is 0 Å². The smallest absolute Gasteiger partial charge is 0.221 e. The Labute approximate surface area is 158 Å². The second-order valence-corrected chi connectivity index (χ2v) is 8.01. The summed E-state index contributed by atoms with van der Waals surface area (Å²) in [6, 6.07) is 9.07. The zero-order valence-corrected chi connectivity index (χ0v) is 16.2. The summed E-state index contributed by atoms with van der Waals surface area (Å²) >= 11 is 0. The molecule has 0 bridgehead atoms. The highest BCUT2D eigenvalue weighted by Crippen LogP contribution is 2.18. The first-order valence-electron chi connectivity index (χ1n) is 10.4. The second-order valence-electron chi connectivity index (χ2n) is 8.01. The topological polar surface area (TPSA) is 41.6 Å². The molecule has 0 radical (unpaired) electrons. The molecule has 1 amide bonds. The molecule has 1 saturated heterocycles. The standard InChI is InChI=1S/C22H34N2O2/c1-18-7-5-8-19(15-18)16-24(17-21-11-6-14-26-21)13-12-22(25)23-20-9-3-2-4-10-20/h5,7-8,15,20-21H,2-4,6,9-14,16-17H2,1H3,(H,23,25). The highest BCUT2D eigenvalue weighted by atomic mass is 16.5. The van der Waals surface area contributed by atoms with Gasteiger partial charge in [0.05, 0.1) is 6.10 Å². The number of hydrogen-bond acceptors (Lipinski definition) is 3. The molecule has 144 valence electrons. The van der Waals surface area contributed by atoms with Crippen LogP contribution in [0.2, 0.25) is 0 Å².